The molecule has 0 aliphatic carbocycles. The standard InChI is InChI=1S/C38H20N2S2/c39-21-32-28(24-14-16-36-30(18-24)26-10-4-6-12-34(26)41-36)20-29(23-8-2-1-3-9-23)38(33(32)22-40)25-15-17-37-31(19-25)27-11-5-7-13-35(27)42-37/h1-20H. The second-order valence-electron chi connectivity index (χ2n) is 10.3. The number of rotatable bonds is 3. The zero-order chi connectivity index (χ0) is 28.2. The van der Waals surface area contributed by atoms with Crippen LogP contribution in [-0.4, -0.2) is 0 Å². The van der Waals surface area contributed by atoms with Gasteiger partial charge in [-0.25, -0.2) is 0 Å². The van der Waals surface area contributed by atoms with Crippen LogP contribution >= 0.6 is 22.7 Å². The second kappa shape index (κ2) is 9.68. The first-order valence-corrected chi connectivity index (χ1v) is 15.3. The van der Waals surface area contributed by atoms with Gasteiger partial charge in [0, 0.05) is 51.5 Å². The molecule has 0 saturated carbocycles. The maximum Gasteiger partial charge on any atom is 0.101 e. The van der Waals surface area contributed by atoms with Crippen molar-refractivity contribution >= 4 is 63.0 Å². The first-order chi connectivity index (χ1) is 20.7. The smallest absolute Gasteiger partial charge is 0.101 e. The predicted octanol–water partition coefficient (Wildman–Crippen LogP) is 11.2. The van der Waals surface area contributed by atoms with Crippen LogP contribution in [0.1, 0.15) is 11.1 Å². The lowest BCUT2D eigenvalue weighted by Gasteiger charge is -2.18. The molecule has 6 aromatic carbocycles. The van der Waals surface area contributed by atoms with E-state index in [0.717, 1.165) is 44.2 Å². The molecule has 4 heteroatoms. The molecule has 0 spiro atoms. The third kappa shape index (κ3) is 3.75. The molecular formula is C38H20N2S2. The van der Waals surface area contributed by atoms with Gasteiger partial charge >= 0.3 is 0 Å². The zero-order valence-corrected chi connectivity index (χ0v) is 23.9. The van der Waals surface area contributed by atoms with Gasteiger partial charge in [0.1, 0.15) is 12.1 Å². The fourth-order valence-electron chi connectivity index (χ4n) is 6.06. The normalized spacial score (nSPS) is 11.3. The minimum Gasteiger partial charge on any atom is -0.192 e. The average molecular weight is 569 g/mol. The number of benzene rings is 6. The number of fused-ring (bicyclic) bond motifs is 6. The van der Waals surface area contributed by atoms with E-state index in [2.05, 4.69) is 115 Å². The quantitative estimate of drug-likeness (QED) is 0.213. The molecule has 8 rings (SSSR count). The van der Waals surface area contributed by atoms with Crippen LogP contribution in [0.25, 0.3) is 73.7 Å². The van der Waals surface area contributed by atoms with Crippen LogP contribution in [0, 0.1) is 22.7 Å². The van der Waals surface area contributed by atoms with Gasteiger partial charge in [-0.15, -0.1) is 22.7 Å². The predicted molar refractivity (Wildman–Crippen MR) is 178 cm³/mol. The Morgan fingerprint density at radius 1 is 0.405 bits per heavy atom. The van der Waals surface area contributed by atoms with Crippen LogP contribution in [-0.2, 0) is 0 Å². The Kier molecular flexibility index (Phi) is 5.66. The zero-order valence-electron chi connectivity index (χ0n) is 22.3. The molecule has 0 saturated heterocycles. The van der Waals surface area contributed by atoms with E-state index in [1.165, 1.54) is 29.6 Å². The molecule has 8 aromatic rings. The summed E-state index contributed by atoms with van der Waals surface area (Å²) in [4.78, 5) is 0. The summed E-state index contributed by atoms with van der Waals surface area (Å²) in [7, 11) is 0. The van der Waals surface area contributed by atoms with Crippen LogP contribution in [0.2, 0.25) is 0 Å². The Hall–Kier alpha value is -5.26. The highest BCUT2D eigenvalue weighted by atomic mass is 32.1. The Morgan fingerprint density at radius 3 is 1.55 bits per heavy atom. The Labute approximate surface area is 250 Å². The van der Waals surface area contributed by atoms with Crippen LogP contribution < -0.4 is 0 Å². The van der Waals surface area contributed by atoms with Crippen molar-refractivity contribution in [2.24, 2.45) is 0 Å². The summed E-state index contributed by atoms with van der Waals surface area (Å²) in [5.74, 6) is 0. The Morgan fingerprint density at radius 2 is 0.929 bits per heavy atom. The first-order valence-electron chi connectivity index (χ1n) is 13.6. The highest BCUT2D eigenvalue weighted by Crippen LogP contribution is 2.45. The van der Waals surface area contributed by atoms with Gasteiger partial charge in [-0.2, -0.15) is 10.5 Å². The van der Waals surface area contributed by atoms with Crippen molar-refractivity contribution in [1.82, 2.24) is 0 Å². The average Bonchev–Trinajstić information content (AvgIpc) is 3.61. The highest BCUT2D eigenvalue weighted by molar-refractivity contribution is 7.26. The topological polar surface area (TPSA) is 47.6 Å². The van der Waals surface area contributed by atoms with Gasteiger partial charge < -0.3 is 0 Å². The summed E-state index contributed by atoms with van der Waals surface area (Å²) in [6, 6.07) is 46.8. The molecule has 2 nitrogen and oxygen atoms in total. The van der Waals surface area contributed by atoms with Crippen molar-refractivity contribution in [2.75, 3.05) is 0 Å². The van der Waals surface area contributed by atoms with Crippen LogP contribution in [0.3, 0.4) is 0 Å². The summed E-state index contributed by atoms with van der Waals surface area (Å²) in [6.45, 7) is 0. The molecule has 0 fully saturated rings. The van der Waals surface area contributed by atoms with E-state index < -0.39 is 0 Å². The van der Waals surface area contributed by atoms with E-state index in [-0.39, 0.29) is 0 Å². The van der Waals surface area contributed by atoms with Gasteiger partial charge in [-0.3, -0.25) is 0 Å². The van der Waals surface area contributed by atoms with E-state index in [0.29, 0.717) is 11.1 Å². The fourth-order valence-corrected chi connectivity index (χ4v) is 8.23. The van der Waals surface area contributed by atoms with E-state index in [1.54, 1.807) is 22.7 Å². The van der Waals surface area contributed by atoms with Crippen molar-refractivity contribution in [2.45, 2.75) is 0 Å². The summed E-state index contributed by atoms with van der Waals surface area (Å²) >= 11 is 3.54. The third-order valence-electron chi connectivity index (χ3n) is 7.99. The molecule has 0 aliphatic rings. The van der Waals surface area contributed by atoms with Gasteiger partial charge in [0.25, 0.3) is 0 Å². The van der Waals surface area contributed by atoms with E-state index in [4.69, 9.17) is 0 Å². The lowest BCUT2D eigenvalue weighted by molar-refractivity contribution is 1.42. The molecule has 0 atom stereocenters. The maximum absolute atomic E-state index is 10.7. The SMILES string of the molecule is N#Cc1c(-c2ccc3sc4ccccc4c3c2)cc(-c2ccccc2)c(-c2ccc3sc4ccccc4c3c2)c1C#N. The van der Waals surface area contributed by atoms with Gasteiger partial charge in [0.15, 0.2) is 0 Å². The summed E-state index contributed by atoms with van der Waals surface area (Å²) < 4.78 is 4.88. The molecule has 0 bridgehead atoms. The summed E-state index contributed by atoms with van der Waals surface area (Å²) in [5, 5.41) is 25.9. The van der Waals surface area contributed by atoms with Crippen molar-refractivity contribution in [3.05, 3.63) is 132 Å². The van der Waals surface area contributed by atoms with Crippen molar-refractivity contribution in [3.8, 4) is 45.5 Å². The number of nitrogens with zero attached hydrogens (tertiary/aromatic N) is 2. The first kappa shape index (κ1) is 24.5. The molecule has 194 valence electrons. The highest BCUT2D eigenvalue weighted by Gasteiger charge is 2.22. The maximum atomic E-state index is 10.7. The fraction of sp³-hybridized carbons (Fsp3) is 0. The monoisotopic (exact) mass is 568 g/mol. The lowest BCUT2D eigenvalue weighted by Crippen LogP contribution is -1.98. The van der Waals surface area contributed by atoms with E-state index in [9.17, 15) is 10.5 Å². The van der Waals surface area contributed by atoms with Gasteiger partial charge in [0.2, 0.25) is 0 Å². The van der Waals surface area contributed by atoms with Crippen molar-refractivity contribution in [3.63, 3.8) is 0 Å². The van der Waals surface area contributed by atoms with Gasteiger partial charge in [-0.05, 0) is 64.7 Å². The minimum atomic E-state index is 0.404. The van der Waals surface area contributed by atoms with Gasteiger partial charge in [0.05, 0.1) is 11.1 Å². The molecule has 0 unspecified atom stereocenters. The molecule has 2 heterocycles. The number of hydrogen-bond donors (Lipinski definition) is 0. The van der Waals surface area contributed by atoms with E-state index >= 15 is 0 Å². The number of hydrogen-bond acceptors (Lipinski definition) is 4. The molecule has 0 aliphatic heterocycles. The molecular weight excluding hydrogens is 549 g/mol. The van der Waals surface area contributed by atoms with E-state index in [1.807, 2.05) is 18.2 Å². The van der Waals surface area contributed by atoms with Crippen molar-refractivity contribution < 1.29 is 0 Å². The van der Waals surface area contributed by atoms with Crippen LogP contribution in [0.15, 0.2) is 121 Å². The summed E-state index contributed by atoms with van der Waals surface area (Å²) in [5.41, 5.74) is 6.19. The molecule has 0 amide bonds. The largest absolute Gasteiger partial charge is 0.192 e. The van der Waals surface area contributed by atoms with Crippen molar-refractivity contribution in [1.29, 1.82) is 10.5 Å². The molecule has 2 aromatic heterocycles. The number of nitriles is 2. The van der Waals surface area contributed by atoms with Crippen LogP contribution in [0.5, 0.6) is 0 Å². The number of thiophene rings is 2. The Balaban J connectivity index is 1.44. The minimum absolute atomic E-state index is 0.404. The lowest BCUT2D eigenvalue weighted by atomic mass is 9.83. The summed E-state index contributed by atoms with van der Waals surface area (Å²) in [6.07, 6.45) is 0. The molecule has 0 N–H and O–H groups in total. The van der Waals surface area contributed by atoms with Crippen LogP contribution in [0.4, 0.5) is 0 Å². The van der Waals surface area contributed by atoms with Gasteiger partial charge in [-0.1, -0.05) is 78.9 Å². The molecule has 42 heavy (non-hydrogen) atoms. The third-order valence-corrected chi connectivity index (χ3v) is 10.3. The Bertz CT molecular complexity index is 2430. The molecule has 0 radical (unpaired) electrons. The second-order valence-corrected chi connectivity index (χ2v) is 12.5.